The summed E-state index contributed by atoms with van der Waals surface area (Å²) < 4.78 is 4.66. The van der Waals surface area contributed by atoms with Gasteiger partial charge in [-0.15, -0.1) is 0 Å². The van der Waals surface area contributed by atoms with Crippen LogP contribution in [0.4, 0.5) is 0 Å². The van der Waals surface area contributed by atoms with Gasteiger partial charge in [-0.25, -0.2) is 4.79 Å². The highest BCUT2D eigenvalue weighted by atomic mass is 16.5. The molecule has 11 heavy (non-hydrogen) atoms. The maximum absolute atomic E-state index is 10.4. The van der Waals surface area contributed by atoms with E-state index in [1.165, 1.54) is 19.3 Å². The molecule has 4 nitrogen and oxygen atoms in total. The third-order valence-corrected chi connectivity index (χ3v) is 1.44. The second-order valence-electron chi connectivity index (χ2n) is 2.21. The highest BCUT2D eigenvalue weighted by Gasteiger charge is 2.19. The van der Waals surface area contributed by atoms with Crippen LogP contribution in [-0.4, -0.2) is 22.3 Å². The summed E-state index contributed by atoms with van der Waals surface area (Å²) in [6.07, 6.45) is 1.71. The van der Waals surface area contributed by atoms with Crippen LogP contribution < -0.4 is 0 Å². The normalized spacial score (nSPS) is 23.3. The van der Waals surface area contributed by atoms with Gasteiger partial charge in [0.2, 0.25) is 5.76 Å². The van der Waals surface area contributed by atoms with E-state index in [2.05, 4.69) is 4.74 Å². The Morgan fingerprint density at radius 2 is 2.36 bits per heavy atom. The van der Waals surface area contributed by atoms with Crippen molar-refractivity contribution in [1.82, 2.24) is 0 Å². The molecule has 1 atom stereocenters. The molecule has 0 amide bonds. The maximum Gasteiger partial charge on any atom is 0.371 e. The van der Waals surface area contributed by atoms with Gasteiger partial charge in [0, 0.05) is 5.57 Å². The second kappa shape index (κ2) is 2.75. The predicted molar refractivity (Wildman–Crippen MR) is 36.6 cm³/mol. The predicted octanol–water partition coefficient (Wildman–Crippen LogP) is 0.250. The molecular formula is C7H8O4. The molecule has 1 heterocycles. The van der Waals surface area contributed by atoms with Crippen molar-refractivity contribution in [2.45, 2.75) is 13.0 Å². The number of rotatable bonds is 1. The molecule has 0 saturated heterocycles. The van der Waals surface area contributed by atoms with Crippen molar-refractivity contribution < 1.29 is 19.7 Å². The van der Waals surface area contributed by atoms with Crippen molar-refractivity contribution in [2.24, 2.45) is 0 Å². The van der Waals surface area contributed by atoms with Crippen LogP contribution in [0.5, 0.6) is 0 Å². The van der Waals surface area contributed by atoms with E-state index in [9.17, 15) is 4.79 Å². The summed E-state index contributed by atoms with van der Waals surface area (Å²) in [6.45, 7) is 1.51. The van der Waals surface area contributed by atoms with Crippen molar-refractivity contribution in [1.29, 1.82) is 0 Å². The monoisotopic (exact) mass is 156 g/mol. The molecule has 0 saturated carbocycles. The Hall–Kier alpha value is -1.29. The molecule has 0 aromatic carbocycles. The van der Waals surface area contributed by atoms with Crippen molar-refractivity contribution in [3.8, 4) is 0 Å². The molecule has 4 heteroatoms. The second-order valence-corrected chi connectivity index (χ2v) is 2.21. The first-order valence-electron chi connectivity index (χ1n) is 3.08. The lowest BCUT2D eigenvalue weighted by Gasteiger charge is -2.14. The lowest BCUT2D eigenvalue weighted by Crippen LogP contribution is -2.16. The number of aliphatic hydroxyl groups is 1. The van der Waals surface area contributed by atoms with E-state index in [0.717, 1.165) is 0 Å². The molecule has 60 valence electrons. The molecule has 1 rings (SSSR count). The highest BCUT2D eigenvalue weighted by Crippen LogP contribution is 2.16. The summed E-state index contributed by atoms with van der Waals surface area (Å²) in [4.78, 5) is 10.4. The fourth-order valence-corrected chi connectivity index (χ4v) is 0.772. The van der Waals surface area contributed by atoms with E-state index in [1.54, 1.807) is 0 Å². The van der Waals surface area contributed by atoms with Gasteiger partial charge in [-0.2, -0.15) is 0 Å². The quantitative estimate of drug-likeness (QED) is 0.571. The number of carboxylic acid groups (broad SMARTS) is 1. The lowest BCUT2D eigenvalue weighted by atomic mass is 10.1. The molecule has 0 fully saturated rings. The summed E-state index contributed by atoms with van der Waals surface area (Å²) in [5.41, 5.74) is 0.319. The Morgan fingerprint density at radius 1 is 1.73 bits per heavy atom. The number of ether oxygens (including phenoxy) is 1. The van der Waals surface area contributed by atoms with Gasteiger partial charge < -0.3 is 14.9 Å². The Kier molecular flexibility index (Phi) is 1.96. The maximum atomic E-state index is 10.4. The van der Waals surface area contributed by atoms with Gasteiger partial charge in [0.15, 0.2) is 0 Å². The molecule has 1 unspecified atom stereocenters. The summed E-state index contributed by atoms with van der Waals surface area (Å²) >= 11 is 0. The smallest absolute Gasteiger partial charge is 0.371 e. The summed E-state index contributed by atoms with van der Waals surface area (Å²) in [6, 6.07) is 0. The minimum atomic E-state index is -1.16. The third kappa shape index (κ3) is 1.40. The van der Waals surface area contributed by atoms with E-state index in [4.69, 9.17) is 10.2 Å². The molecule has 1 aliphatic heterocycles. The van der Waals surface area contributed by atoms with E-state index in [1.807, 2.05) is 0 Å². The number of hydrogen-bond acceptors (Lipinski definition) is 3. The lowest BCUT2D eigenvalue weighted by molar-refractivity contribution is -0.136. The Morgan fingerprint density at radius 3 is 2.82 bits per heavy atom. The van der Waals surface area contributed by atoms with Gasteiger partial charge in [0.25, 0.3) is 0 Å². The van der Waals surface area contributed by atoms with Crippen LogP contribution >= 0.6 is 0 Å². The van der Waals surface area contributed by atoms with Crippen LogP contribution in [0.25, 0.3) is 0 Å². The Labute approximate surface area is 63.4 Å². The largest absolute Gasteiger partial charge is 0.475 e. The SMILES string of the molecule is CC1=C(C(=O)O)OC=CC1O. The first-order valence-corrected chi connectivity index (χ1v) is 3.08. The number of carbonyl (C=O) groups is 1. The van der Waals surface area contributed by atoms with Crippen molar-refractivity contribution in [3.05, 3.63) is 23.7 Å². The average molecular weight is 156 g/mol. The summed E-state index contributed by atoms with van der Waals surface area (Å²) in [5, 5.41) is 17.6. The Balaban J connectivity index is 2.93. The molecule has 0 radical (unpaired) electrons. The molecular weight excluding hydrogens is 148 g/mol. The van der Waals surface area contributed by atoms with Gasteiger partial charge in [-0.1, -0.05) is 0 Å². The third-order valence-electron chi connectivity index (χ3n) is 1.44. The van der Waals surface area contributed by atoms with Gasteiger partial charge in [-0.05, 0) is 13.0 Å². The minimum Gasteiger partial charge on any atom is -0.475 e. The fourth-order valence-electron chi connectivity index (χ4n) is 0.772. The van der Waals surface area contributed by atoms with Crippen LogP contribution in [-0.2, 0) is 9.53 Å². The molecule has 1 aliphatic rings. The number of hydrogen-bond donors (Lipinski definition) is 2. The zero-order valence-electron chi connectivity index (χ0n) is 5.94. The van der Waals surface area contributed by atoms with Crippen LogP contribution in [0.2, 0.25) is 0 Å². The molecule has 0 aliphatic carbocycles. The molecule has 0 spiro atoms. The van der Waals surface area contributed by atoms with Gasteiger partial charge in [0.05, 0.1) is 6.26 Å². The van der Waals surface area contributed by atoms with Gasteiger partial charge in [-0.3, -0.25) is 0 Å². The number of carboxylic acids is 1. The molecule has 2 N–H and O–H groups in total. The van der Waals surface area contributed by atoms with Crippen LogP contribution in [0, 0.1) is 0 Å². The van der Waals surface area contributed by atoms with Gasteiger partial charge in [0.1, 0.15) is 6.10 Å². The molecule has 0 aromatic heterocycles. The van der Waals surface area contributed by atoms with Crippen LogP contribution in [0.3, 0.4) is 0 Å². The first kappa shape index (κ1) is 7.81. The highest BCUT2D eigenvalue weighted by molar-refractivity contribution is 5.85. The van der Waals surface area contributed by atoms with Crippen molar-refractivity contribution >= 4 is 5.97 Å². The first-order chi connectivity index (χ1) is 5.13. The zero-order chi connectivity index (χ0) is 8.43. The minimum absolute atomic E-state index is 0.194. The Bertz CT molecular complexity index is 239. The van der Waals surface area contributed by atoms with E-state index >= 15 is 0 Å². The summed E-state index contributed by atoms with van der Waals surface area (Å²) in [5.74, 6) is -1.36. The zero-order valence-corrected chi connectivity index (χ0v) is 5.94. The fraction of sp³-hybridized carbons (Fsp3) is 0.286. The number of aliphatic hydroxyl groups excluding tert-OH is 1. The standard InChI is InChI=1S/C7H8O4/c1-4-5(8)2-3-11-6(4)7(9)10/h2-3,5,8H,1H3,(H,9,10). The molecule has 0 aromatic rings. The van der Waals surface area contributed by atoms with Crippen LogP contribution in [0.1, 0.15) is 6.92 Å². The van der Waals surface area contributed by atoms with E-state index in [-0.39, 0.29) is 5.76 Å². The summed E-state index contributed by atoms with van der Waals surface area (Å²) in [7, 11) is 0. The van der Waals surface area contributed by atoms with Crippen molar-refractivity contribution in [2.75, 3.05) is 0 Å². The van der Waals surface area contributed by atoms with Gasteiger partial charge >= 0.3 is 5.97 Å². The molecule has 0 bridgehead atoms. The van der Waals surface area contributed by atoms with Crippen LogP contribution in [0.15, 0.2) is 23.7 Å². The van der Waals surface area contributed by atoms with E-state index < -0.39 is 12.1 Å². The van der Waals surface area contributed by atoms with E-state index in [0.29, 0.717) is 5.57 Å². The average Bonchev–Trinajstić information content (AvgIpc) is 1.94. The number of aliphatic carboxylic acids is 1. The topological polar surface area (TPSA) is 66.8 Å². The van der Waals surface area contributed by atoms with Crippen molar-refractivity contribution in [3.63, 3.8) is 0 Å².